The zero-order valence-corrected chi connectivity index (χ0v) is 15.9. The second kappa shape index (κ2) is 7.48. The number of nitrogens with zero attached hydrogens (tertiary/aromatic N) is 2. The Hall–Kier alpha value is -2.74. The molecule has 2 heterocycles. The van der Waals surface area contributed by atoms with Crippen LogP contribution < -0.4 is 4.31 Å². The maximum Gasteiger partial charge on any atom is 0.316 e. The van der Waals surface area contributed by atoms with Gasteiger partial charge in [0.05, 0.1) is 17.2 Å². The third-order valence-electron chi connectivity index (χ3n) is 4.41. The Kier molecular flexibility index (Phi) is 5.27. The number of esters is 1. The Morgan fingerprint density at radius 1 is 1.26 bits per heavy atom. The Bertz CT molecular complexity index is 970. The lowest BCUT2D eigenvalue weighted by Gasteiger charge is -2.23. The van der Waals surface area contributed by atoms with Crippen molar-refractivity contribution in [2.45, 2.75) is 25.2 Å². The van der Waals surface area contributed by atoms with E-state index >= 15 is 0 Å². The van der Waals surface area contributed by atoms with E-state index < -0.39 is 27.7 Å². The molecule has 0 fully saturated rings. The number of anilines is 1. The van der Waals surface area contributed by atoms with E-state index in [1.54, 1.807) is 25.1 Å². The number of pyridine rings is 1. The monoisotopic (exact) mass is 388 g/mol. The van der Waals surface area contributed by atoms with Crippen molar-refractivity contribution < 1.29 is 22.7 Å². The van der Waals surface area contributed by atoms with Crippen LogP contribution in [0.3, 0.4) is 0 Å². The van der Waals surface area contributed by atoms with Gasteiger partial charge in [-0.3, -0.25) is 18.9 Å². The van der Waals surface area contributed by atoms with Crippen LogP contribution in [-0.2, 0) is 19.6 Å². The minimum Gasteiger partial charge on any atom is -0.465 e. The van der Waals surface area contributed by atoms with Crippen molar-refractivity contribution >= 4 is 27.5 Å². The molecule has 0 bridgehead atoms. The van der Waals surface area contributed by atoms with Gasteiger partial charge in [0.25, 0.3) is 10.0 Å². The molecule has 27 heavy (non-hydrogen) atoms. The molecular formula is C19H20N2O5S. The number of aryl methyl sites for hydroxylation is 1. The van der Waals surface area contributed by atoms with E-state index in [1.165, 1.54) is 24.4 Å². The molecular weight excluding hydrogens is 368 g/mol. The summed E-state index contributed by atoms with van der Waals surface area (Å²) in [6.07, 6.45) is 1.43. The molecule has 7 nitrogen and oxygen atoms in total. The number of Topliss-reactive ketones (excluding diaryl/α,β-unsaturated/α-hetero) is 1. The van der Waals surface area contributed by atoms with E-state index in [-0.39, 0.29) is 35.8 Å². The smallest absolute Gasteiger partial charge is 0.316 e. The van der Waals surface area contributed by atoms with Crippen LogP contribution in [0.1, 0.15) is 29.4 Å². The Labute approximate surface area is 158 Å². The van der Waals surface area contributed by atoms with Gasteiger partial charge < -0.3 is 4.74 Å². The molecule has 3 rings (SSSR count). The molecule has 0 amide bonds. The molecule has 0 saturated heterocycles. The van der Waals surface area contributed by atoms with Crippen molar-refractivity contribution in [3.63, 3.8) is 0 Å². The number of benzene rings is 1. The summed E-state index contributed by atoms with van der Waals surface area (Å²) in [6, 6.07) is 9.56. The SMILES string of the molecule is CCOC(=O)C1CCN(S(=O)(=O)c2ccc(C)cc2)c2cccnc2C1=O. The third kappa shape index (κ3) is 3.57. The van der Waals surface area contributed by atoms with Crippen LogP contribution in [-0.4, -0.2) is 38.3 Å². The highest BCUT2D eigenvalue weighted by Crippen LogP contribution is 2.32. The number of carbonyl (C=O) groups is 2. The second-order valence-electron chi connectivity index (χ2n) is 6.22. The lowest BCUT2D eigenvalue weighted by molar-refractivity contribution is -0.146. The van der Waals surface area contributed by atoms with Crippen molar-refractivity contribution in [2.24, 2.45) is 5.92 Å². The van der Waals surface area contributed by atoms with Crippen LogP contribution in [0.2, 0.25) is 0 Å². The van der Waals surface area contributed by atoms with Crippen LogP contribution >= 0.6 is 0 Å². The number of rotatable bonds is 4. The van der Waals surface area contributed by atoms with Gasteiger partial charge in [-0.15, -0.1) is 0 Å². The highest BCUT2D eigenvalue weighted by molar-refractivity contribution is 7.92. The molecule has 1 atom stereocenters. The van der Waals surface area contributed by atoms with Gasteiger partial charge in [-0.1, -0.05) is 17.7 Å². The number of hydrogen-bond donors (Lipinski definition) is 0. The molecule has 142 valence electrons. The fourth-order valence-electron chi connectivity index (χ4n) is 3.01. The molecule has 1 unspecified atom stereocenters. The minimum atomic E-state index is -3.91. The van der Waals surface area contributed by atoms with E-state index in [4.69, 9.17) is 4.74 Å². The first-order valence-electron chi connectivity index (χ1n) is 8.61. The second-order valence-corrected chi connectivity index (χ2v) is 8.08. The third-order valence-corrected chi connectivity index (χ3v) is 6.23. The summed E-state index contributed by atoms with van der Waals surface area (Å²) in [4.78, 5) is 29.2. The fraction of sp³-hybridized carbons (Fsp3) is 0.316. The summed E-state index contributed by atoms with van der Waals surface area (Å²) >= 11 is 0. The van der Waals surface area contributed by atoms with Crippen molar-refractivity contribution in [3.8, 4) is 0 Å². The van der Waals surface area contributed by atoms with Crippen LogP contribution in [0.15, 0.2) is 47.5 Å². The van der Waals surface area contributed by atoms with Crippen LogP contribution in [0.5, 0.6) is 0 Å². The average Bonchev–Trinajstić information content (AvgIpc) is 2.80. The Morgan fingerprint density at radius 3 is 2.63 bits per heavy atom. The lowest BCUT2D eigenvalue weighted by atomic mass is 9.98. The van der Waals surface area contributed by atoms with Crippen molar-refractivity contribution in [1.29, 1.82) is 0 Å². The number of ketones is 1. The number of carbonyl (C=O) groups excluding carboxylic acids is 2. The summed E-state index contributed by atoms with van der Waals surface area (Å²) in [5.74, 6) is -2.25. The van der Waals surface area contributed by atoms with Gasteiger partial charge in [-0.2, -0.15) is 0 Å². The summed E-state index contributed by atoms with van der Waals surface area (Å²) in [7, 11) is -3.91. The fourth-order valence-corrected chi connectivity index (χ4v) is 4.49. The molecule has 0 N–H and O–H groups in total. The largest absolute Gasteiger partial charge is 0.465 e. The van der Waals surface area contributed by atoms with Gasteiger partial charge in [0, 0.05) is 12.7 Å². The van der Waals surface area contributed by atoms with Gasteiger partial charge in [0.15, 0.2) is 5.78 Å². The predicted octanol–water partition coefficient (Wildman–Crippen LogP) is 2.35. The molecule has 2 aromatic rings. The zero-order chi connectivity index (χ0) is 19.6. The van der Waals surface area contributed by atoms with E-state index in [0.29, 0.717) is 0 Å². The van der Waals surface area contributed by atoms with Gasteiger partial charge in [0.1, 0.15) is 11.6 Å². The van der Waals surface area contributed by atoms with Crippen molar-refractivity contribution in [1.82, 2.24) is 4.98 Å². The first-order valence-corrected chi connectivity index (χ1v) is 10.1. The van der Waals surface area contributed by atoms with E-state index in [2.05, 4.69) is 4.98 Å². The van der Waals surface area contributed by atoms with E-state index in [9.17, 15) is 18.0 Å². The maximum absolute atomic E-state index is 13.2. The molecule has 0 saturated carbocycles. The first kappa shape index (κ1) is 19.0. The highest BCUT2D eigenvalue weighted by atomic mass is 32.2. The first-order chi connectivity index (χ1) is 12.9. The average molecular weight is 388 g/mol. The number of sulfonamides is 1. The normalized spacial score (nSPS) is 17.2. The van der Waals surface area contributed by atoms with Crippen LogP contribution in [0.4, 0.5) is 5.69 Å². The summed E-state index contributed by atoms with van der Waals surface area (Å²) in [6.45, 7) is 3.64. The van der Waals surface area contributed by atoms with Gasteiger partial charge in [-0.05, 0) is 44.5 Å². The number of hydrogen-bond acceptors (Lipinski definition) is 6. The summed E-state index contributed by atoms with van der Waals surface area (Å²) in [5, 5.41) is 0. The lowest BCUT2D eigenvalue weighted by Crippen LogP contribution is -2.33. The standard InChI is InChI=1S/C19H20N2O5S/c1-3-26-19(23)15-10-12-21(16-5-4-11-20-17(16)18(15)22)27(24,25)14-8-6-13(2)7-9-14/h4-9,11,15H,3,10,12H2,1-2H3. The van der Waals surface area contributed by atoms with E-state index in [1.807, 2.05) is 6.92 Å². The highest BCUT2D eigenvalue weighted by Gasteiger charge is 2.39. The predicted molar refractivity (Wildman–Crippen MR) is 99.0 cm³/mol. The molecule has 1 aliphatic heterocycles. The zero-order valence-electron chi connectivity index (χ0n) is 15.1. The summed E-state index contributed by atoms with van der Waals surface area (Å²) in [5.41, 5.74) is 1.07. The van der Waals surface area contributed by atoms with E-state index in [0.717, 1.165) is 9.87 Å². The minimum absolute atomic E-state index is 0.0237. The molecule has 0 aliphatic carbocycles. The molecule has 0 radical (unpaired) electrons. The molecule has 1 aliphatic rings. The molecule has 1 aromatic heterocycles. The molecule has 0 spiro atoms. The van der Waals surface area contributed by atoms with Crippen LogP contribution in [0.25, 0.3) is 0 Å². The summed E-state index contributed by atoms with van der Waals surface area (Å²) < 4.78 is 32.5. The van der Waals surface area contributed by atoms with Crippen LogP contribution in [0, 0.1) is 12.8 Å². The number of ether oxygens (including phenoxy) is 1. The van der Waals surface area contributed by atoms with Crippen molar-refractivity contribution in [3.05, 3.63) is 53.9 Å². The molecule has 8 heteroatoms. The quantitative estimate of drug-likeness (QED) is 0.590. The molecule has 1 aromatic carbocycles. The van der Waals surface area contributed by atoms with Gasteiger partial charge in [0.2, 0.25) is 0 Å². The Morgan fingerprint density at radius 2 is 1.96 bits per heavy atom. The van der Waals surface area contributed by atoms with Gasteiger partial charge >= 0.3 is 5.97 Å². The number of aromatic nitrogens is 1. The Balaban J connectivity index is 2.07. The van der Waals surface area contributed by atoms with Crippen molar-refractivity contribution in [2.75, 3.05) is 17.5 Å². The maximum atomic E-state index is 13.2. The number of fused-ring (bicyclic) bond motifs is 1. The topological polar surface area (TPSA) is 93.6 Å². The van der Waals surface area contributed by atoms with Gasteiger partial charge in [-0.25, -0.2) is 8.42 Å².